The molecule has 3 heterocycles. The normalized spacial score (nSPS) is 17.1. The molecule has 0 radical (unpaired) electrons. The first-order valence-electron chi connectivity index (χ1n) is 11.7. The predicted molar refractivity (Wildman–Crippen MR) is 129 cm³/mol. The molecule has 0 saturated carbocycles. The topological polar surface area (TPSA) is 82.2 Å². The van der Waals surface area contributed by atoms with Crippen LogP contribution in [-0.4, -0.2) is 57.1 Å². The maximum Gasteiger partial charge on any atom is 0.414 e. The molecule has 0 aliphatic carbocycles. The van der Waals surface area contributed by atoms with Gasteiger partial charge in [0.05, 0.1) is 31.1 Å². The van der Waals surface area contributed by atoms with Gasteiger partial charge in [0.2, 0.25) is 0 Å². The molecule has 1 unspecified atom stereocenters. The number of nitrogens with one attached hydrogen (secondary N) is 1. The van der Waals surface area contributed by atoms with Crippen molar-refractivity contribution in [3.8, 4) is 17.2 Å². The number of ether oxygens (including phenoxy) is 4. The molecule has 2 aliphatic rings. The second kappa shape index (κ2) is 10.2. The molecule has 2 aromatic carbocycles. The number of carbonyl (C=O) groups is 1. The molecule has 178 valence electrons. The highest BCUT2D eigenvalue weighted by Gasteiger charge is 2.32. The van der Waals surface area contributed by atoms with Crippen LogP contribution in [0, 0.1) is 0 Å². The van der Waals surface area contributed by atoms with Crippen molar-refractivity contribution in [3.05, 3.63) is 54.2 Å². The van der Waals surface area contributed by atoms with E-state index in [4.69, 9.17) is 18.9 Å². The molecule has 0 bridgehead atoms. The number of aryl methyl sites for hydroxylation is 1. The number of rotatable bonds is 9. The van der Waals surface area contributed by atoms with E-state index in [1.807, 2.05) is 24.3 Å². The molecule has 8 nitrogen and oxygen atoms in total. The second-order valence-electron chi connectivity index (χ2n) is 8.46. The number of methoxy groups -OCH3 is 1. The van der Waals surface area contributed by atoms with E-state index in [1.165, 1.54) is 5.56 Å². The van der Waals surface area contributed by atoms with E-state index in [2.05, 4.69) is 28.5 Å². The molecule has 2 aliphatic heterocycles. The zero-order chi connectivity index (χ0) is 23.3. The number of hydrogen-bond acceptors (Lipinski definition) is 7. The van der Waals surface area contributed by atoms with Crippen LogP contribution in [0.4, 0.5) is 10.5 Å². The first kappa shape index (κ1) is 22.3. The van der Waals surface area contributed by atoms with Crippen LogP contribution in [0.2, 0.25) is 0 Å². The molecule has 1 N–H and O–H groups in total. The third-order valence-corrected chi connectivity index (χ3v) is 6.16. The van der Waals surface area contributed by atoms with Gasteiger partial charge in [0.15, 0.2) is 11.5 Å². The third-order valence-electron chi connectivity index (χ3n) is 6.16. The average Bonchev–Trinajstić information content (AvgIpc) is 3.25. The van der Waals surface area contributed by atoms with Gasteiger partial charge < -0.3 is 24.3 Å². The van der Waals surface area contributed by atoms with E-state index >= 15 is 0 Å². The van der Waals surface area contributed by atoms with Crippen molar-refractivity contribution >= 4 is 22.7 Å². The van der Waals surface area contributed by atoms with E-state index in [0.29, 0.717) is 37.8 Å². The summed E-state index contributed by atoms with van der Waals surface area (Å²) in [5, 5.41) is 4.58. The zero-order valence-electron chi connectivity index (χ0n) is 19.3. The lowest BCUT2D eigenvalue weighted by atomic mass is 10.0. The Morgan fingerprint density at radius 1 is 1.12 bits per heavy atom. The molecule has 1 atom stereocenters. The van der Waals surface area contributed by atoms with E-state index < -0.39 is 0 Å². The van der Waals surface area contributed by atoms with Gasteiger partial charge >= 0.3 is 6.09 Å². The summed E-state index contributed by atoms with van der Waals surface area (Å²) in [7, 11) is 1.66. The van der Waals surface area contributed by atoms with Gasteiger partial charge in [-0.15, -0.1) is 0 Å². The number of unbranched alkanes of at least 4 members (excludes halogenated alkanes) is 1. The lowest BCUT2D eigenvalue weighted by molar-refractivity contribution is 0.140. The molecular formula is C26H29N3O5. The molecule has 0 spiro atoms. The molecule has 5 rings (SSSR count). The number of cyclic esters (lactones) is 1. The van der Waals surface area contributed by atoms with Crippen molar-refractivity contribution in [2.24, 2.45) is 0 Å². The monoisotopic (exact) mass is 463 g/mol. The zero-order valence-corrected chi connectivity index (χ0v) is 19.3. The van der Waals surface area contributed by atoms with Gasteiger partial charge in [-0.3, -0.25) is 9.88 Å². The summed E-state index contributed by atoms with van der Waals surface area (Å²) in [4.78, 5) is 18.5. The van der Waals surface area contributed by atoms with Crippen molar-refractivity contribution in [1.82, 2.24) is 10.3 Å². The van der Waals surface area contributed by atoms with E-state index in [0.717, 1.165) is 48.1 Å². The summed E-state index contributed by atoms with van der Waals surface area (Å²) in [6.45, 7) is 3.06. The Hall–Kier alpha value is -3.52. The number of anilines is 1. The van der Waals surface area contributed by atoms with Gasteiger partial charge in [-0.1, -0.05) is 12.1 Å². The highest BCUT2D eigenvalue weighted by atomic mass is 16.6. The van der Waals surface area contributed by atoms with E-state index in [9.17, 15) is 4.79 Å². The Bertz CT molecular complexity index is 1170. The smallest absolute Gasteiger partial charge is 0.414 e. The molecule has 1 aromatic heterocycles. The van der Waals surface area contributed by atoms with Crippen LogP contribution in [0.5, 0.6) is 17.2 Å². The Labute approximate surface area is 198 Å². The van der Waals surface area contributed by atoms with Crippen molar-refractivity contribution < 1.29 is 23.7 Å². The van der Waals surface area contributed by atoms with Gasteiger partial charge in [-0.25, -0.2) is 4.79 Å². The Morgan fingerprint density at radius 2 is 2.00 bits per heavy atom. The fourth-order valence-electron chi connectivity index (χ4n) is 4.39. The number of nitrogens with zero attached hydrogens (tertiary/aromatic N) is 2. The van der Waals surface area contributed by atoms with E-state index in [-0.39, 0.29) is 12.2 Å². The lowest BCUT2D eigenvalue weighted by Crippen LogP contribution is -2.31. The van der Waals surface area contributed by atoms with Crippen LogP contribution in [-0.2, 0) is 11.2 Å². The third kappa shape index (κ3) is 4.87. The van der Waals surface area contributed by atoms with Crippen molar-refractivity contribution in [2.75, 3.05) is 44.9 Å². The quantitative estimate of drug-likeness (QED) is 0.481. The highest BCUT2D eigenvalue weighted by molar-refractivity contribution is 5.90. The van der Waals surface area contributed by atoms with Gasteiger partial charge in [-0.05, 0) is 55.6 Å². The molecule has 34 heavy (non-hydrogen) atoms. The summed E-state index contributed by atoms with van der Waals surface area (Å²) in [6.07, 6.45) is 4.29. The van der Waals surface area contributed by atoms with Crippen LogP contribution < -0.4 is 24.4 Å². The minimum Gasteiger partial charge on any atom is -0.495 e. The Balaban J connectivity index is 1.07. The maximum atomic E-state index is 12.4. The SMILES string of the molecule is COc1cnc2cccc(CCCCNCC3CN(c4ccc5c(c4)OCCO5)C(=O)O3)c2c1. The van der Waals surface area contributed by atoms with Crippen LogP contribution in [0.3, 0.4) is 0 Å². The van der Waals surface area contributed by atoms with Gasteiger partial charge in [0.25, 0.3) is 0 Å². The number of fused-ring (bicyclic) bond motifs is 2. The van der Waals surface area contributed by atoms with Gasteiger partial charge in [0, 0.05) is 18.0 Å². The Kier molecular flexibility index (Phi) is 6.67. The minimum atomic E-state index is -0.330. The highest BCUT2D eigenvalue weighted by Crippen LogP contribution is 2.35. The van der Waals surface area contributed by atoms with Crippen molar-refractivity contribution in [1.29, 1.82) is 0 Å². The maximum absolute atomic E-state index is 12.4. The fraction of sp³-hybridized carbons (Fsp3) is 0.385. The summed E-state index contributed by atoms with van der Waals surface area (Å²) in [5.74, 6) is 2.15. The first-order chi connectivity index (χ1) is 16.7. The Morgan fingerprint density at radius 3 is 2.88 bits per heavy atom. The average molecular weight is 464 g/mol. The molecule has 8 heteroatoms. The fourth-order valence-corrected chi connectivity index (χ4v) is 4.39. The summed E-state index contributed by atoms with van der Waals surface area (Å²) < 4.78 is 22.1. The van der Waals surface area contributed by atoms with E-state index in [1.54, 1.807) is 18.2 Å². The standard InChI is InChI=1S/C26H29N3O5/c1-31-20-14-22-18(6-4-7-23(22)28-16-20)5-2-3-10-27-15-21-17-29(26(30)34-21)19-8-9-24-25(13-19)33-12-11-32-24/h4,6-9,13-14,16,21,27H,2-3,5,10-12,15,17H2,1H3. The van der Waals surface area contributed by atoms with Crippen LogP contribution in [0.1, 0.15) is 18.4 Å². The molecular weight excluding hydrogens is 434 g/mol. The molecule has 1 amide bonds. The van der Waals surface area contributed by atoms with Crippen molar-refractivity contribution in [3.63, 3.8) is 0 Å². The molecule has 3 aromatic rings. The van der Waals surface area contributed by atoms with Crippen LogP contribution in [0.25, 0.3) is 10.9 Å². The molecule has 1 saturated heterocycles. The summed E-state index contributed by atoms with van der Waals surface area (Å²) >= 11 is 0. The first-order valence-corrected chi connectivity index (χ1v) is 11.7. The predicted octanol–water partition coefficient (Wildman–Crippen LogP) is 3.95. The van der Waals surface area contributed by atoms with Crippen molar-refractivity contribution in [2.45, 2.75) is 25.4 Å². The number of aromatic nitrogens is 1. The lowest BCUT2D eigenvalue weighted by Gasteiger charge is -2.21. The van der Waals surface area contributed by atoms with Gasteiger partial charge in [0.1, 0.15) is 25.1 Å². The number of pyridine rings is 1. The van der Waals surface area contributed by atoms with Gasteiger partial charge in [-0.2, -0.15) is 0 Å². The number of benzene rings is 2. The summed E-state index contributed by atoms with van der Waals surface area (Å²) in [6, 6.07) is 13.8. The molecule has 1 fully saturated rings. The number of carbonyl (C=O) groups excluding carboxylic acids is 1. The van der Waals surface area contributed by atoms with Crippen LogP contribution >= 0.6 is 0 Å². The van der Waals surface area contributed by atoms with Crippen LogP contribution in [0.15, 0.2) is 48.7 Å². The number of hydrogen-bond donors (Lipinski definition) is 1. The second-order valence-corrected chi connectivity index (χ2v) is 8.46. The summed E-state index contributed by atoms with van der Waals surface area (Å²) in [5.41, 5.74) is 3.03. The largest absolute Gasteiger partial charge is 0.495 e. The minimum absolute atomic E-state index is 0.183. The number of amides is 1.